The number of hydrogen-bond donors (Lipinski definition) is 0. The Morgan fingerprint density at radius 2 is 2.38 bits per heavy atom. The van der Waals surface area contributed by atoms with Crippen molar-refractivity contribution in [3.8, 4) is 5.75 Å². The van der Waals surface area contributed by atoms with Crippen LogP contribution in [0.2, 0.25) is 0 Å². The predicted octanol–water partition coefficient (Wildman–Crippen LogP) is 3.57. The second-order valence-corrected chi connectivity index (χ2v) is 5.70. The zero-order valence-corrected chi connectivity index (χ0v) is 13.1. The lowest BCUT2D eigenvalue weighted by Crippen LogP contribution is -2.12. The van der Waals surface area contributed by atoms with Gasteiger partial charge >= 0.3 is 0 Å². The summed E-state index contributed by atoms with van der Waals surface area (Å²) in [6, 6.07) is 6.49. The molecule has 0 aliphatic carbocycles. The first-order chi connectivity index (χ1) is 10.3. The molecule has 114 valence electrons. The zero-order chi connectivity index (χ0) is 14.7. The van der Waals surface area contributed by atoms with E-state index in [9.17, 15) is 0 Å². The summed E-state index contributed by atoms with van der Waals surface area (Å²) >= 11 is 5.95. The largest absolute Gasteiger partial charge is 0.491 e. The van der Waals surface area contributed by atoms with E-state index < -0.39 is 0 Å². The van der Waals surface area contributed by atoms with Gasteiger partial charge in [-0.2, -0.15) is 0 Å². The molecule has 1 fully saturated rings. The Bertz CT molecular complexity index is 606. The molecule has 0 spiro atoms. The van der Waals surface area contributed by atoms with Gasteiger partial charge in [-0.3, -0.25) is 0 Å². The van der Waals surface area contributed by atoms with E-state index in [0.717, 1.165) is 55.1 Å². The molecule has 0 radical (unpaired) electrons. The lowest BCUT2D eigenvalue weighted by atomic mass is 10.2. The molecule has 1 unspecified atom stereocenters. The van der Waals surface area contributed by atoms with Crippen LogP contribution in [0.15, 0.2) is 18.2 Å². The second-order valence-electron chi connectivity index (χ2n) is 5.33. The Labute approximate surface area is 130 Å². The zero-order valence-electron chi connectivity index (χ0n) is 12.3. The lowest BCUT2D eigenvalue weighted by Gasteiger charge is -2.14. The first kappa shape index (κ1) is 14.7. The van der Waals surface area contributed by atoms with E-state index in [1.165, 1.54) is 0 Å². The first-order valence-corrected chi connectivity index (χ1v) is 8.15. The van der Waals surface area contributed by atoms with Gasteiger partial charge in [-0.05, 0) is 25.0 Å². The summed E-state index contributed by atoms with van der Waals surface area (Å²) in [6.45, 7) is 4.38. The third kappa shape index (κ3) is 2.87. The van der Waals surface area contributed by atoms with Crippen LogP contribution in [0.25, 0.3) is 11.0 Å². The predicted molar refractivity (Wildman–Crippen MR) is 84.4 cm³/mol. The maximum Gasteiger partial charge on any atom is 0.147 e. The van der Waals surface area contributed by atoms with Crippen LogP contribution in [0.4, 0.5) is 0 Å². The van der Waals surface area contributed by atoms with Crippen LogP contribution >= 0.6 is 11.6 Å². The number of benzene rings is 1. The molecule has 1 aliphatic heterocycles. The lowest BCUT2D eigenvalue weighted by molar-refractivity contribution is 0.186. The van der Waals surface area contributed by atoms with Gasteiger partial charge < -0.3 is 14.0 Å². The fourth-order valence-corrected chi connectivity index (χ4v) is 3.03. The monoisotopic (exact) mass is 308 g/mol. The fraction of sp³-hybridized carbons (Fsp3) is 0.562. The number of ether oxygens (including phenoxy) is 2. The summed E-state index contributed by atoms with van der Waals surface area (Å²) in [7, 11) is 0. The summed E-state index contributed by atoms with van der Waals surface area (Å²) in [4.78, 5) is 4.80. The first-order valence-electron chi connectivity index (χ1n) is 7.61. The Morgan fingerprint density at radius 1 is 1.48 bits per heavy atom. The molecule has 0 N–H and O–H groups in total. The molecule has 1 aromatic heterocycles. The smallest absolute Gasteiger partial charge is 0.147 e. The number of imidazole rings is 1. The number of rotatable bonds is 6. The van der Waals surface area contributed by atoms with Crippen molar-refractivity contribution < 1.29 is 9.47 Å². The maximum absolute atomic E-state index is 5.95. The Kier molecular flexibility index (Phi) is 4.66. The van der Waals surface area contributed by atoms with Crippen molar-refractivity contribution in [2.45, 2.75) is 32.2 Å². The molecule has 2 heterocycles. The molecule has 3 rings (SSSR count). The highest BCUT2D eigenvalue weighted by atomic mass is 35.5. The van der Waals surface area contributed by atoms with Crippen LogP contribution in [0.3, 0.4) is 0 Å². The number of nitrogens with zero attached hydrogens (tertiary/aromatic N) is 2. The summed E-state index contributed by atoms with van der Waals surface area (Å²) in [6.07, 6.45) is 2.78. The van der Waals surface area contributed by atoms with Crippen LogP contribution in [0.1, 0.15) is 31.6 Å². The van der Waals surface area contributed by atoms with E-state index in [-0.39, 0.29) is 0 Å². The van der Waals surface area contributed by atoms with Gasteiger partial charge in [0.15, 0.2) is 0 Å². The van der Waals surface area contributed by atoms with Gasteiger partial charge in [-0.15, -0.1) is 11.6 Å². The number of halogens is 1. The van der Waals surface area contributed by atoms with Crippen molar-refractivity contribution in [3.63, 3.8) is 0 Å². The molecule has 5 heteroatoms. The van der Waals surface area contributed by atoms with Crippen LogP contribution in [-0.4, -0.2) is 35.3 Å². The minimum Gasteiger partial charge on any atom is -0.491 e. The maximum atomic E-state index is 5.95. The Hall–Kier alpha value is -1.26. The summed E-state index contributed by atoms with van der Waals surface area (Å²) < 4.78 is 13.7. The van der Waals surface area contributed by atoms with Crippen LogP contribution in [0.5, 0.6) is 5.75 Å². The Morgan fingerprint density at radius 3 is 3.10 bits per heavy atom. The number of aryl methyl sites for hydroxylation is 1. The van der Waals surface area contributed by atoms with Gasteiger partial charge in [0.2, 0.25) is 0 Å². The van der Waals surface area contributed by atoms with Crippen LogP contribution in [-0.2, 0) is 11.2 Å². The van der Waals surface area contributed by atoms with Gasteiger partial charge in [0.05, 0.1) is 24.8 Å². The third-order valence-electron chi connectivity index (χ3n) is 3.81. The van der Waals surface area contributed by atoms with Crippen LogP contribution < -0.4 is 4.74 Å². The molecule has 0 amide bonds. The molecule has 1 saturated heterocycles. The SMILES string of the molecule is CCCOc1cccc2c1nc(CCCl)n2C1CCOC1. The summed E-state index contributed by atoms with van der Waals surface area (Å²) in [5.41, 5.74) is 2.07. The van der Waals surface area contributed by atoms with Crippen molar-refractivity contribution in [3.05, 3.63) is 24.0 Å². The topological polar surface area (TPSA) is 36.3 Å². The average Bonchev–Trinajstić information content (AvgIpc) is 3.12. The van der Waals surface area contributed by atoms with Gasteiger partial charge in [0, 0.05) is 18.9 Å². The second kappa shape index (κ2) is 6.67. The molecule has 4 nitrogen and oxygen atoms in total. The van der Waals surface area contributed by atoms with E-state index in [4.69, 9.17) is 26.1 Å². The molecule has 1 atom stereocenters. The van der Waals surface area contributed by atoms with Crippen molar-refractivity contribution in [1.29, 1.82) is 0 Å². The number of fused-ring (bicyclic) bond motifs is 1. The molecule has 0 saturated carbocycles. The van der Waals surface area contributed by atoms with Crippen molar-refractivity contribution in [1.82, 2.24) is 9.55 Å². The normalized spacial score (nSPS) is 18.5. The highest BCUT2D eigenvalue weighted by Gasteiger charge is 2.24. The fourth-order valence-electron chi connectivity index (χ4n) is 2.86. The third-order valence-corrected chi connectivity index (χ3v) is 4.00. The molecular weight excluding hydrogens is 288 g/mol. The quantitative estimate of drug-likeness (QED) is 0.765. The highest BCUT2D eigenvalue weighted by molar-refractivity contribution is 6.17. The molecule has 1 aromatic carbocycles. The van der Waals surface area contributed by atoms with Gasteiger partial charge in [0.25, 0.3) is 0 Å². The number of alkyl halides is 1. The minimum absolute atomic E-state index is 0.356. The molecule has 1 aliphatic rings. The number of para-hydroxylation sites is 1. The van der Waals surface area contributed by atoms with E-state index in [1.807, 2.05) is 12.1 Å². The van der Waals surface area contributed by atoms with Crippen molar-refractivity contribution >= 4 is 22.6 Å². The van der Waals surface area contributed by atoms with Crippen molar-refractivity contribution in [2.24, 2.45) is 0 Å². The van der Waals surface area contributed by atoms with E-state index in [2.05, 4.69) is 17.6 Å². The van der Waals surface area contributed by atoms with Gasteiger partial charge in [-0.25, -0.2) is 4.98 Å². The molecule has 0 bridgehead atoms. The van der Waals surface area contributed by atoms with E-state index >= 15 is 0 Å². The summed E-state index contributed by atoms with van der Waals surface area (Å²) in [5.74, 6) is 2.47. The molecular formula is C16H21ClN2O2. The molecule has 2 aromatic rings. The minimum atomic E-state index is 0.356. The van der Waals surface area contributed by atoms with Crippen LogP contribution in [0, 0.1) is 0 Å². The van der Waals surface area contributed by atoms with Gasteiger partial charge in [-0.1, -0.05) is 13.0 Å². The standard InChI is InChI=1S/C16H21ClN2O2/c1-2-9-21-14-5-3-4-13-16(14)18-15(6-8-17)19(13)12-7-10-20-11-12/h3-5,12H,2,6-11H2,1H3. The van der Waals surface area contributed by atoms with E-state index in [0.29, 0.717) is 18.5 Å². The summed E-state index contributed by atoms with van der Waals surface area (Å²) in [5, 5.41) is 0. The molecule has 21 heavy (non-hydrogen) atoms. The van der Waals surface area contributed by atoms with Gasteiger partial charge in [0.1, 0.15) is 17.1 Å². The highest BCUT2D eigenvalue weighted by Crippen LogP contribution is 2.31. The average molecular weight is 309 g/mol. The Balaban J connectivity index is 2.07. The number of hydrogen-bond acceptors (Lipinski definition) is 3. The number of aromatic nitrogens is 2. The van der Waals surface area contributed by atoms with Crippen molar-refractivity contribution in [2.75, 3.05) is 25.7 Å². The van der Waals surface area contributed by atoms with E-state index in [1.54, 1.807) is 0 Å².